The fraction of sp³-hybridized carbons (Fsp3) is 0.333. The number of rotatable bonds is 7. The van der Waals surface area contributed by atoms with Gasteiger partial charge in [0, 0.05) is 38.2 Å². The molecule has 38 heavy (non-hydrogen) atoms. The van der Waals surface area contributed by atoms with E-state index in [1.165, 1.54) is 11.6 Å². The van der Waals surface area contributed by atoms with E-state index in [0.29, 0.717) is 49.8 Å². The lowest BCUT2D eigenvalue weighted by molar-refractivity contribution is -0.134. The van der Waals surface area contributed by atoms with Crippen LogP contribution in [-0.4, -0.2) is 68.5 Å². The summed E-state index contributed by atoms with van der Waals surface area (Å²) in [7, 11) is 3.25. The highest BCUT2D eigenvalue weighted by Gasteiger charge is 2.36. The average Bonchev–Trinajstić information content (AvgIpc) is 3.39. The molecule has 1 fully saturated rings. The number of halogens is 1. The Morgan fingerprint density at radius 3 is 2.39 bits per heavy atom. The zero-order valence-corrected chi connectivity index (χ0v) is 22.1. The van der Waals surface area contributed by atoms with Crippen molar-refractivity contribution in [1.82, 2.24) is 9.91 Å². The molecule has 0 radical (unpaired) electrons. The van der Waals surface area contributed by atoms with E-state index in [4.69, 9.17) is 14.6 Å². The molecule has 0 aromatic heterocycles. The van der Waals surface area contributed by atoms with Crippen molar-refractivity contribution in [2.75, 3.05) is 51.8 Å². The van der Waals surface area contributed by atoms with Crippen LogP contribution in [0.3, 0.4) is 0 Å². The number of hydrogen-bond donors (Lipinski definition) is 0. The number of anilines is 1. The second-order valence-electron chi connectivity index (χ2n) is 9.69. The Bertz CT molecular complexity index is 1320. The Hall–Kier alpha value is -3.91. The van der Waals surface area contributed by atoms with E-state index in [-0.39, 0.29) is 24.3 Å². The molecule has 5 rings (SSSR count). The smallest absolute Gasteiger partial charge is 0.257 e. The molecule has 3 aromatic rings. The lowest BCUT2D eigenvalue weighted by atomic mass is 9.97. The van der Waals surface area contributed by atoms with Crippen molar-refractivity contribution < 1.29 is 18.7 Å². The molecule has 7 nitrogen and oxygen atoms in total. The van der Waals surface area contributed by atoms with Crippen LogP contribution in [0.25, 0.3) is 0 Å². The Morgan fingerprint density at radius 1 is 0.974 bits per heavy atom. The number of hydrazone groups is 1. The summed E-state index contributed by atoms with van der Waals surface area (Å²) in [6, 6.07) is 20.3. The number of carbonyl (C=O) groups excluding carboxylic acids is 1. The summed E-state index contributed by atoms with van der Waals surface area (Å²) in [5.41, 5.74) is 4.49. The highest BCUT2D eigenvalue weighted by Crippen LogP contribution is 2.39. The van der Waals surface area contributed by atoms with Crippen LogP contribution < -0.4 is 14.4 Å². The second kappa shape index (κ2) is 11.2. The van der Waals surface area contributed by atoms with Gasteiger partial charge in [0.15, 0.2) is 0 Å². The van der Waals surface area contributed by atoms with Gasteiger partial charge in [0.05, 0.1) is 38.2 Å². The monoisotopic (exact) mass is 516 g/mol. The first-order chi connectivity index (χ1) is 18.5. The molecule has 0 N–H and O–H groups in total. The fourth-order valence-corrected chi connectivity index (χ4v) is 5.12. The zero-order chi connectivity index (χ0) is 26.6. The molecule has 0 bridgehead atoms. The van der Waals surface area contributed by atoms with Crippen LogP contribution in [0.5, 0.6) is 11.5 Å². The van der Waals surface area contributed by atoms with Crippen LogP contribution in [0.15, 0.2) is 71.8 Å². The van der Waals surface area contributed by atoms with E-state index < -0.39 is 0 Å². The van der Waals surface area contributed by atoms with Gasteiger partial charge in [0.25, 0.3) is 5.91 Å². The minimum absolute atomic E-state index is 0.0821. The molecule has 2 heterocycles. The fourth-order valence-electron chi connectivity index (χ4n) is 5.12. The van der Waals surface area contributed by atoms with Gasteiger partial charge in [-0.15, -0.1) is 0 Å². The predicted octanol–water partition coefficient (Wildman–Crippen LogP) is 4.65. The quantitative estimate of drug-likeness (QED) is 0.458. The molecule has 1 atom stereocenters. The maximum absolute atomic E-state index is 14.3. The number of benzene rings is 3. The van der Waals surface area contributed by atoms with Gasteiger partial charge in [-0.3, -0.25) is 9.69 Å². The summed E-state index contributed by atoms with van der Waals surface area (Å²) >= 11 is 0. The lowest BCUT2D eigenvalue weighted by Crippen LogP contribution is -2.49. The van der Waals surface area contributed by atoms with Crippen molar-refractivity contribution in [2.45, 2.75) is 19.4 Å². The van der Waals surface area contributed by atoms with Crippen molar-refractivity contribution in [3.05, 3.63) is 89.2 Å². The van der Waals surface area contributed by atoms with E-state index in [9.17, 15) is 9.18 Å². The van der Waals surface area contributed by atoms with Crippen molar-refractivity contribution >= 4 is 17.3 Å². The highest BCUT2D eigenvalue weighted by molar-refractivity contribution is 6.03. The van der Waals surface area contributed by atoms with Crippen LogP contribution >= 0.6 is 0 Å². The minimum Gasteiger partial charge on any atom is -0.497 e. The number of carbonyl (C=O) groups is 1. The van der Waals surface area contributed by atoms with Crippen molar-refractivity contribution in [3.63, 3.8) is 0 Å². The van der Waals surface area contributed by atoms with Crippen LogP contribution in [0.1, 0.15) is 29.2 Å². The molecule has 1 unspecified atom stereocenters. The number of nitrogens with zero attached hydrogens (tertiary/aromatic N) is 4. The highest BCUT2D eigenvalue weighted by atomic mass is 19.1. The molecule has 198 valence electrons. The van der Waals surface area contributed by atoms with E-state index in [0.717, 1.165) is 16.8 Å². The summed E-state index contributed by atoms with van der Waals surface area (Å²) in [5, 5.41) is 6.44. The molecule has 0 spiro atoms. The summed E-state index contributed by atoms with van der Waals surface area (Å²) < 4.78 is 25.4. The van der Waals surface area contributed by atoms with Crippen LogP contribution in [0.2, 0.25) is 0 Å². The molecular formula is C30H33FN4O3. The van der Waals surface area contributed by atoms with Crippen LogP contribution in [0, 0.1) is 12.7 Å². The summed E-state index contributed by atoms with van der Waals surface area (Å²) in [5.74, 6) is 1.08. The van der Waals surface area contributed by atoms with Gasteiger partial charge < -0.3 is 14.4 Å². The third kappa shape index (κ3) is 5.36. The summed E-state index contributed by atoms with van der Waals surface area (Å²) in [6.07, 6.45) is 0.569. The van der Waals surface area contributed by atoms with E-state index in [2.05, 4.69) is 17.0 Å². The second-order valence-corrected chi connectivity index (χ2v) is 9.69. The molecule has 1 amide bonds. The van der Waals surface area contributed by atoms with Gasteiger partial charge in [0.1, 0.15) is 17.3 Å². The van der Waals surface area contributed by atoms with Crippen molar-refractivity contribution in [1.29, 1.82) is 0 Å². The zero-order valence-electron chi connectivity index (χ0n) is 22.1. The Labute approximate surface area is 223 Å². The maximum Gasteiger partial charge on any atom is 0.257 e. The molecule has 1 saturated heterocycles. The summed E-state index contributed by atoms with van der Waals surface area (Å²) in [6.45, 7) is 4.91. The maximum atomic E-state index is 14.3. The van der Waals surface area contributed by atoms with Gasteiger partial charge in [-0.1, -0.05) is 42.0 Å². The van der Waals surface area contributed by atoms with Crippen molar-refractivity contribution in [2.24, 2.45) is 5.10 Å². The van der Waals surface area contributed by atoms with E-state index >= 15 is 0 Å². The molecule has 2 aliphatic heterocycles. The van der Waals surface area contributed by atoms with Gasteiger partial charge in [-0.25, -0.2) is 9.40 Å². The number of para-hydroxylation sites is 1. The van der Waals surface area contributed by atoms with Gasteiger partial charge in [0.2, 0.25) is 0 Å². The number of aryl methyl sites for hydroxylation is 1. The Morgan fingerprint density at radius 2 is 1.71 bits per heavy atom. The number of ether oxygens (including phenoxy) is 2. The molecular weight excluding hydrogens is 483 g/mol. The molecule has 3 aromatic carbocycles. The standard InChI is InChI=1S/C30H33FN4O3/c1-21-8-10-22(11-9-21)26-19-28(24-18-23(37-2)12-13-29(24)38-3)35(32-26)30(36)20-33-14-16-34(17-15-33)27-7-5-4-6-25(27)31/h4-13,18,28H,14-17,19-20H2,1-3H3. The predicted molar refractivity (Wildman–Crippen MR) is 147 cm³/mol. The van der Waals surface area contributed by atoms with Crippen molar-refractivity contribution in [3.8, 4) is 11.5 Å². The first-order valence-corrected chi connectivity index (χ1v) is 12.9. The first kappa shape index (κ1) is 25.7. The van der Waals surface area contributed by atoms with Gasteiger partial charge in [-0.2, -0.15) is 5.10 Å². The number of amides is 1. The SMILES string of the molecule is COc1ccc(OC)c(C2CC(c3ccc(C)cc3)=NN2C(=O)CN2CCN(c3ccccc3F)CC2)c1. The molecule has 8 heteroatoms. The Balaban J connectivity index is 1.36. The molecule has 2 aliphatic rings. The number of piperazine rings is 1. The number of hydrogen-bond acceptors (Lipinski definition) is 6. The normalized spacial score (nSPS) is 17.9. The third-order valence-corrected chi connectivity index (χ3v) is 7.27. The third-order valence-electron chi connectivity index (χ3n) is 7.27. The molecule has 0 saturated carbocycles. The molecule has 0 aliphatic carbocycles. The van der Waals surface area contributed by atoms with Gasteiger partial charge in [-0.05, 0) is 42.8 Å². The topological polar surface area (TPSA) is 57.6 Å². The largest absolute Gasteiger partial charge is 0.497 e. The van der Waals surface area contributed by atoms with Crippen LogP contribution in [-0.2, 0) is 4.79 Å². The lowest BCUT2D eigenvalue weighted by Gasteiger charge is -2.36. The average molecular weight is 517 g/mol. The van der Waals surface area contributed by atoms with E-state index in [1.807, 2.05) is 48.2 Å². The minimum atomic E-state index is -0.316. The van der Waals surface area contributed by atoms with Gasteiger partial charge >= 0.3 is 0 Å². The first-order valence-electron chi connectivity index (χ1n) is 12.9. The van der Waals surface area contributed by atoms with Crippen LogP contribution in [0.4, 0.5) is 10.1 Å². The summed E-state index contributed by atoms with van der Waals surface area (Å²) in [4.78, 5) is 17.9. The Kier molecular flexibility index (Phi) is 7.60. The number of methoxy groups -OCH3 is 2. The van der Waals surface area contributed by atoms with E-state index in [1.54, 1.807) is 31.4 Å².